The molecular formula is C10H20N6O2S. The fraction of sp³-hybridized carbons (Fsp3) is 0.700. The number of hydrazine groups is 1. The Kier molecular flexibility index (Phi) is 5.90. The number of nitrogens with zero attached hydrogens (tertiary/aromatic N) is 3. The van der Waals surface area contributed by atoms with Gasteiger partial charge in [0.15, 0.2) is 0 Å². The zero-order valence-electron chi connectivity index (χ0n) is 11.5. The van der Waals surface area contributed by atoms with Gasteiger partial charge >= 0.3 is 6.01 Å². The van der Waals surface area contributed by atoms with Crippen LogP contribution in [0, 0.1) is 0 Å². The Morgan fingerprint density at radius 1 is 1.26 bits per heavy atom. The first-order valence-corrected chi connectivity index (χ1v) is 7.50. The minimum atomic E-state index is -0.911. The van der Waals surface area contributed by atoms with E-state index in [2.05, 4.69) is 25.7 Å². The highest BCUT2D eigenvalue weighted by Gasteiger charge is 2.10. The van der Waals surface area contributed by atoms with Crippen LogP contribution in [0.1, 0.15) is 20.8 Å². The molecule has 9 heteroatoms. The molecule has 1 aromatic rings. The second-order valence-electron chi connectivity index (χ2n) is 4.27. The summed E-state index contributed by atoms with van der Waals surface area (Å²) in [4.78, 5) is 12.1. The molecule has 0 aliphatic heterocycles. The van der Waals surface area contributed by atoms with Crippen LogP contribution in [0.3, 0.4) is 0 Å². The molecule has 0 bridgehead atoms. The summed E-state index contributed by atoms with van der Waals surface area (Å²) in [6, 6.07) is 0.186. The van der Waals surface area contributed by atoms with E-state index in [9.17, 15) is 4.21 Å². The Morgan fingerprint density at radius 2 is 1.89 bits per heavy atom. The van der Waals surface area contributed by atoms with Crippen LogP contribution in [-0.2, 0) is 10.8 Å². The van der Waals surface area contributed by atoms with Crippen molar-refractivity contribution in [1.29, 1.82) is 0 Å². The third-order valence-corrected chi connectivity index (χ3v) is 3.50. The van der Waals surface area contributed by atoms with Gasteiger partial charge in [-0.25, -0.2) is 5.84 Å². The van der Waals surface area contributed by atoms with E-state index in [1.165, 1.54) is 0 Å². The second-order valence-corrected chi connectivity index (χ2v) is 6.07. The molecule has 0 fully saturated rings. The number of rotatable bonds is 7. The molecule has 1 rings (SSSR count). The molecule has 108 valence electrons. The Hall–Kier alpha value is -1.48. The number of nitrogens with one attached hydrogen (secondary N) is 2. The third-order valence-electron chi connectivity index (χ3n) is 2.20. The van der Waals surface area contributed by atoms with Crippen LogP contribution in [-0.4, -0.2) is 43.3 Å². The first kappa shape index (κ1) is 15.6. The van der Waals surface area contributed by atoms with E-state index in [1.54, 1.807) is 6.26 Å². The first-order chi connectivity index (χ1) is 8.92. The maximum atomic E-state index is 11.3. The molecule has 19 heavy (non-hydrogen) atoms. The van der Waals surface area contributed by atoms with Crippen molar-refractivity contribution < 1.29 is 8.95 Å². The van der Waals surface area contributed by atoms with Crippen molar-refractivity contribution in [2.45, 2.75) is 32.1 Å². The number of nitrogen functional groups attached to an aromatic ring is 1. The average Bonchev–Trinajstić information content (AvgIpc) is 2.34. The fourth-order valence-corrected chi connectivity index (χ4v) is 1.43. The van der Waals surface area contributed by atoms with Gasteiger partial charge in [0.1, 0.15) is 0 Å². The highest BCUT2D eigenvalue weighted by Crippen LogP contribution is 2.12. The normalized spacial score (nSPS) is 14.0. The molecule has 0 saturated carbocycles. The lowest BCUT2D eigenvalue weighted by Crippen LogP contribution is -2.23. The Balaban J connectivity index is 2.79. The molecule has 0 radical (unpaired) electrons. The van der Waals surface area contributed by atoms with Gasteiger partial charge < -0.3 is 10.1 Å². The van der Waals surface area contributed by atoms with Crippen molar-refractivity contribution in [3.63, 3.8) is 0 Å². The maximum Gasteiger partial charge on any atom is 0.323 e. The van der Waals surface area contributed by atoms with Gasteiger partial charge in [-0.15, -0.1) is 0 Å². The molecule has 0 aliphatic rings. The first-order valence-electron chi connectivity index (χ1n) is 5.87. The van der Waals surface area contributed by atoms with Crippen molar-refractivity contribution in [2.75, 3.05) is 23.5 Å². The lowest BCUT2D eigenvalue weighted by molar-refractivity contribution is 0.222. The van der Waals surface area contributed by atoms with Gasteiger partial charge in [0.2, 0.25) is 11.9 Å². The van der Waals surface area contributed by atoms with Gasteiger partial charge in [-0.05, 0) is 20.8 Å². The third kappa shape index (κ3) is 5.35. The molecule has 0 spiro atoms. The number of ether oxygens (including phenoxy) is 1. The van der Waals surface area contributed by atoms with E-state index in [0.29, 0.717) is 12.5 Å². The van der Waals surface area contributed by atoms with Gasteiger partial charge in [0, 0.05) is 28.9 Å². The molecule has 1 aromatic heterocycles. The second kappa shape index (κ2) is 7.19. The van der Waals surface area contributed by atoms with Gasteiger partial charge in [-0.3, -0.25) is 9.63 Å². The van der Waals surface area contributed by atoms with Crippen molar-refractivity contribution in [3.05, 3.63) is 0 Å². The molecule has 2 unspecified atom stereocenters. The van der Waals surface area contributed by atoms with Crippen LogP contribution < -0.4 is 21.3 Å². The van der Waals surface area contributed by atoms with Crippen LogP contribution in [0.5, 0.6) is 6.01 Å². The summed E-state index contributed by atoms with van der Waals surface area (Å²) in [6.07, 6.45) is 1.60. The lowest BCUT2D eigenvalue weighted by Gasteiger charge is -2.12. The Bertz CT molecular complexity index is 442. The summed E-state index contributed by atoms with van der Waals surface area (Å²) in [6.45, 7) is 6.10. The van der Waals surface area contributed by atoms with Gasteiger partial charge in [0.05, 0.1) is 6.10 Å². The standard InChI is InChI=1S/C10H20N6O2S/c1-6(2)18-10-14-8(13-9(15-10)16-11)12-5-7(3)19(4)17/h6-7H,5,11H2,1-4H3,(H2,12,13,14,15,16). The highest BCUT2D eigenvalue weighted by atomic mass is 32.2. The molecule has 0 aromatic carbocycles. The quantitative estimate of drug-likeness (QED) is 0.479. The summed E-state index contributed by atoms with van der Waals surface area (Å²) in [5, 5.41) is 2.97. The minimum Gasteiger partial charge on any atom is -0.461 e. The molecule has 2 atom stereocenters. The Labute approximate surface area is 115 Å². The van der Waals surface area contributed by atoms with Crippen molar-refractivity contribution in [2.24, 2.45) is 5.84 Å². The zero-order chi connectivity index (χ0) is 14.4. The van der Waals surface area contributed by atoms with Gasteiger partial charge in [-0.2, -0.15) is 15.0 Å². The molecular weight excluding hydrogens is 268 g/mol. The number of nitrogens with two attached hydrogens (primary N) is 1. The van der Waals surface area contributed by atoms with Crippen LogP contribution in [0.4, 0.5) is 11.9 Å². The van der Waals surface area contributed by atoms with Crippen LogP contribution in [0.25, 0.3) is 0 Å². The van der Waals surface area contributed by atoms with E-state index in [-0.39, 0.29) is 23.3 Å². The van der Waals surface area contributed by atoms with E-state index in [1.807, 2.05) is 20.8 Å². The Morgan fingerprint density at radius 3 is 2.42 bits per heavy atom. The smallest absolute Gasteiger partial charge is 0.323 e. The predicted molar refractivity (Wildman–Crippen MR) is 75.4 cm³/mol. The molecule has 0 aliphatic carbocycles. The number of hydrogen-bond acceptors (Lipinski definition) is 8. The lowest BCUT2D eigenvalue weighted by atomic mass is 10.5. The van der Waals surface area contributed by atoms with E-state index < -0.39 is 10.8 Å². The molecule has 0 saturated heterocycles. The number of hydrogen-bond donors (Lipinski definition) is 3. The highest BCUT2D eigenvalue weighted by molar-refractivity contribution is 7.84. The largest absolute Gasteiger partial charge is 0.461 e. The summed E-state index contributed by atoms with van der Waals surface area (Å²) in [7, 11) is -0.911. The van der Waals surface area contributed by atoms with Gasteiger partial charge in [-0.1, -0.05) is 0 Å². The topological polar surface area (TPSA) is 115 Å². The molecule has 0 amide bonds. The van der Waals surface area contributed by atoms with E-state index in [4.69, 9.17) is 10.6 Å². The monoisotopic (exact) mass is 288 g/mol. The SMILES string of the molecule is CC(C)Oc1nc(NN)nc(NCC(C)S(C)=O)n1. The summed E-state index contributed by atoms with van der Waals surface area (Å²) >= 11 is 0. The number of aromatic nitrogens is 3. The zero-order valence-corrected chi connectivity index (χ0v) is 12.3. The van der Waals surface area contributed by atoms with E-state index >= 15 is 0 Å². The molecule has 1 heterocycles. The summed E-state index contributed by atoms with van der Waals surface area (Å²) in [5.41, 5.74) is 2.35. The van der Waals surface area contributed by atoms with Crippen LogP contribution >= 0.6 is 0 Å². The molecule has 4 N–H and O–H groups in total. The number of anilines is 2. The summed E-state index contributed by atoms with van der Waals surface area (Å²) < 4.78 is 16.7. The fourth-order valence-electron chi connectivity index (χ4n) is 1.12. The van der Waals surface area contributed by atoms with Crippen molar-refractivity contribution >= 4 is 22.7 Å². The predicted octanol–water partition coefficient (Wildman–Crippen LogP) is 0.123. The summed E-state index contributed by atoms with van der Waals surface area (Å²) in [5.74, 6) is 5.82. The average molecular weight is 288 g/mol. The molecule has 8 nitrogen and oxygen atoms in total. The van der Waals surface area contributed by atoms with Crippen LogP contribution in [0.15, 0.2) is 0 Å². The van der Waals surface area contributed by atoms with E-state index in [0.717, 1.165) is 0 Å². The van der Waals surface area contributed by atoms with Crippen LogP contribution in [0.2, 0.25) is 0 Å². The minimum absolute atomic E-state index is 0.0134. The van der Waals surface area contributed by atoms with Crippen molar-refractivity contribution in [3.8, 4) is 6.01 Å². The van der Waals surface area contributed by atoms with Gasteiger partial charge in [0.25, 0.3) is 0 Å². The van der Waals surface area contributed by atoms with Crippen molar-refractivity contribution in [1.82, 2.24) is 15.0 Å². The maximum absolute atomic E-state index is 11.3.